The molecule has 0 bridgehead atoms. The number of nitrogens with zero attached hydrogens (tertiary/aromatic N) is 2. The van der Waals surface area contributed by atoms with Gasteiger partial charge in [-0.1, -0.05) is 98.3 Å². The van der Waals surface area contributed by atoms with Crippen LogP contribution in [0.4, 0.5) is 0 Å². The quantitative estimate of drug-likeness (QED) is 0.289. The predicted molar refractivity (Wildman–Crippen MR) is 161 cm³/mol. The van der Waals surface area contributed by atoms with E-state index in [0.29, 0.717) is 5.75 Å². The number of benzene rings is 2. The van der Waals surface area contributed by atoms with Crippen molar-refractivity contribution in [2.75, 3.05) is 0 Å². The van der Waals surface area contributed by atoms with Gasteiger partial charge in [-0.2, -0.15) is 0 Å². The summed E-state index contributed by atoms with van der Waals surface area (Å²) in [7, 11) is 0. The van der Waals surface area contributed by atoms with E-state index in [2.05, 4.69) is 116 Å². The van der Waals surface area contributed by atoms with Crippen molar-refractivity contribution in [3.63, 3.8) is 0 Å². The molecule has 0 radical (unpaired) electrons. The van der Waals surface area contributed by atoms with E-state index in [1.54, 1.807) is 11.8 Å². The molecule has 1 N–H and O–H groups in total. The third kappa shape index (κ3) is 6.30. The first-order valence-corrected chi connectivity index (χ1v) is 14.0. The molecule has 0 fully saturated rings. The molecular formula is C34H40N2OS. The van der Waals surface area contributed by atoms with Crippen LogP contribution in [0.15, 0.2) is 82.8 Å². The molecule has 0 aliphatic heterocycles. The van der Waals surface area contributed by atoms with Gasteiger partial charge in [0, 0.05) is 27.8 Å². The fourth-order valence-corrected chi connectivity index (χ4v) is 5.17. The van der Waals surface area contributed by atoms with E-state index < -0.39 is 0 Å². The number of rotatable bonds is 4. The van der Waals surface area contributed by atoms with Gasteiger partial charge in [0.05, 0.1) is 11.4 Å². The molecule has 2 aromatic carbocycles. The highest BCUT2D eigenvalue weighted by molar-refractivity contribution is 7.99. The highest BCUT2D eigenvalue weighted by Gasteiger charge is 2.27. The van der Waals surface area contributed by atoms with Crippen LogP contribution in [-0.4, -0.2) is 15.1 Å². The Labute approximate surface area is 232 Å². The van der Waals surface area contributed by atoms with Crippen molar-refractivity contribution in [2.45, 2.75) is 88.5 Å². The van der Waals surface area contributed by atoms with Gasteiger partial charge in [-0.15, -0.1) is 0 Å². The van der Waals surface area contributed by atoms with Gasteiger partial charge in [-0.05, 0) is 69.8 Å². The highest BCUT2D eigenvalue weighted by Crippen LogP contribution is 2.43. The van der Waals surface area contributed by atoms with Crippen molar-refractivity contribution >= 4 is 11.8 Å². The van der Waals surface area contributed by atoms with Crippen LogP contribution in [0.2, 0.25) is 0 Å². The molecule has 198 valence electrons. The average molecular weight is 525 g/mol. The van der Waals surface area contributed by atoms with Crippen molar-refractivity contribution in [1.82, 2.24) is 9.97 Å². The number of hydrogen-bond donors (Lipinski definition) is 1. The van der Waals surface area contributed by atoms with E-state index >= 15 is 0 Å². The van der Waals surface area contributed by atoms with Crippen molar-refractivity contribution in [3.05, 3.63) is 89.6 Å². The molecule has 4 rings (SSSR count). The Morgan fingerprint density at radius 3 is 1.92 bits per heavy atom. The fourth-order valence-electron chi connectivity index (χ4n) is 4.33. The van der Waals surface area contributed by atoms with E-state index in [1.807, 2.05) is 24.4 Å². The molecule has 0 aliphatic carbocycles. The molecule has 2 heterocycles. The first-order chi connectivity index (χ1) is 17.6. The second-order valence-corrected chi connectivity index (χ2v) is 14.2. The summed E-state index contributed by atoms with van der Waals surface area (Å²) in [5.74, 6) is 0.314. The van der Waals surface area contributed by atoms with Crippen molar-refractivity contribution in [2.24, 2.45) is 0 Å². The number of phenols is 1. The minimum atomic E-state index is -0.207. The van der Waals surface area contributed by atoms with Crippen LogP contribution in [0, 0.1) is 0 Å². The molecule has 0 saturated carbocycles. The zero-order chi connectivity index (χ0) is 27.9. The Morgan fingerprint density at radius 1 is 0.658 bits per heavy atom. The SMILES string of the molecule is CC(C)(C)c1cc(-c2cccc(Sc3ccccn3)c2)nc(-c2cc(C(C)(C)C)cc(C(C)(C)C)c2O)c1. The Balaban J connectivity index is 1.91. The minimum absolute atomic E-state index is 0.0655. The summed E-state index contributed by atoms with van der Waals surface area (Å²) < 4.78 is 0. The molecular weight excluding hydrogens is 484 g/mol. The van der Waals surface area contributed by atoms with Crippen LogP contribution in [0.25, 0.3) is 22.5 Å². The normalized spacial score (nSPS) is 12.6. The van der Waals surface area contributed by atoms with Crippen LogP contribution in [0.3, 0.4) is 0 Å². The maximum absolute atomic E-state index is 11.6. The maximum Gasteiger partial charge on any atom is 0.128 e. The monoisotopic (exact) mass is 524 g/mol. The Kier molecular flexibility index (Phi) is 7.51. The van der Waals surface area contributed by atoms with E-state index in [4.69, 9.17) is 4.98 Å². The summed E-state index contributed by atoms with van der Waals surface area (Å²) in [6.07, 6.45) is 1.82. The van der Waals surface area contributed by atoms with Crippen LogP contribution in [0.1, 0.15) is 79.0 Å². The van der Waals surface area contributed by atoms with Crippen molar-refractivity contribution in [1.29, 1.82) is 0 Å². The molecule has 4 heteroatoms. The molecule has 2 aromatic heterocycles. The Hall–Kier alpha value is -3.11. The smallest absolute Gasteiger partial charge is 0.128 e. The number of phenolic OH excluding ortho intramolecular Hbond substituents is 1. The van der Waals surface area contributed by atoms with Crippen molar-refractivity contribution in [3.8, 4) is 28.3 Å². The third-order valence-electron chi connectivity index (χ3n) is 6.74. The van der Waals surface area contributed by atoms with Crippen LogP contribution in [0.5, 0.6) is 5.75 Å². The summed E-state index contributed by atoms with van der Waals surface area (Å²) >= 11 is 1.64. The van der Waals surface area contributed by atoms with Crippen LogP contribution in [-0.2, 0) is 16.2 Å². The first kappa shape index (κ1) is 27.9. The zero-order valence-electron chi connectivity index (χ0n) is 24.2. The van der Waals surface area contributed by atoms with E-state index in [0.717, 1.165) is 38.0 Å². The number of aromatic hydroxyl groups is 1. The van der Waals surface area contributed by atoms with Gasteiger partial charge in [0.15, 0.2) is 0 Å². The lowest BCUT2D eigenvalue weighted by atomic mass is 9.78. The molecule has 0 amide bonds. The van der Waals surface area contributed by atoms with Gasteiger partial charge >= 0.3 is 0 Å². The number of aromatic nitrogens is 2. The van der Waals surface area contributed by atoms with Gasteiger partial charge in [0.1, 0.15) is 10.8 Å². The summed E-state index contributed by atoms with van der Waals surface area (Å²) in [6.45, 7) is 19.7. The summed E-state index contributed by atoms with van der Waals surface area (Å²) in [6, 6.07) is 23.0. The second-order valence-electron chi connectivity index (χ2n) is 13.1. The summed E-state index contributed by atoms with van der Waals surface area (Å²) in [5, 5.41) is 12.5. The number of pyridine rings is 2. The highest BCUT2D eigenvalue weighted by atomic mass is 32.2. The van der Waals surface area contributed by atoms with Gasteiger partial charge in [-0.3, -0.25) is 0 Å². The second kappa shape index (κ2) is 10.2. The third-order valence-corrected chi connectivity index (χ3v) is 7.68. The molecule has 4 aromatic rings. The van der Waals surface area contributed by atoms with Crippen molar-refractivity contribution < 1.29 is 5.11 Å². The lowest BCUT2D eigenvalue weighted by Crippen LogP contribution is -2.17. The standard InChI is InChI=1S/C34H40N2OS/c1-32(2,3)23-18-26(31(37)27(19-23)34(7,8)9)29-21-24(33(4,5)6)20-28(36-29)22-13-12-14-25(17-22)38-30-15-10-11-16-35-30/h10-21,37H,1-9H3. The molecule has 0 atom stereocenters. The zero-order valence-corrected chi connectivity index (χ0v) is 25.0. The molecule has 38 heavy (non-hydrogen) atoms. The molecule has 0 aliphatic rings. The lowest BCUT2D eigenvalue weighted by molar-refractivity contribution is 0.446. The van der Waals surface area contributed by atoms with Gasteiger partial charge in [-0.25, -0.2) is 9.97 Å². The first-order valence-electron chi connectivity index (χ1n) is 13.2. The topological polar surface area (TPSA) is 46.0 Å². The maximum atomic E-state index is 11.6. The van der Waals surface area contributed by atoms with Gasteiger partial charge < -0.3 is 5.11 Å². The van der Waals surface area contributed by atoms with E-state index in [9.17, 15) is 5.11 Å². The fraction of sp³-hybridized carbons (Fsp3) is 0.353. The summed E-state index contributed by atoms with van der Waals surface area (Å²) in [4.78, 5) is 10.7. The number of hydrogen-bond acceptors (Lipinski definition) is 4. The molecule has 3 nitrogen and oxygen atoms in total. The largest absolute Gasteiger partial charge is 0.507 e. The summed E-state index contributed by atoms with van der Waals surface area (Å²) in [5.41, 5.74) is 6.47. The van der Waals surface area contributed by atoms with Crippen LogP contribution < -0.4 is 0 Å². The lowest BCUT2D eigenvalue weighted by Gasteiger charge is -2.28. The minimum Gasteiger partial charge on any atom is -0.507 e. The molecule has 0 unspecified atom stereocenters. The van der Waals surface area contributed by atoms with Gasteiger partial charge in [0.25, 0.3) is 0 Å². The van der Waals surface area contributed by atoms with E-state index in [-0.39, 0.29) is 16.2 Å². The average Bonchev–Trinajstić information content (AvgIpc) is 2.83. The molecule has 0 spiro atoms. The predicted octanol–water partition coefficient (Wildman–Crippen LogP) is 9.56. The Morgan fingerprint density at radius 2 is 1.32 bits per heavy atom. The van der Waals surface area contributed by atoms with Crippen LogP contribution >= 0.6 is 11.8 Å². The molecule has 0 saturated heterocycles. The van der Waals surface area contributed by atoms with E-state index in [1.165, 1.54) is 11.1 Å². The Bertz CT molecular complexity index is 1440. The van der Waals surface area contributed by atoms with Gasteiger partial charge in [0.2, 0.25) is 0 Å².